The standard InChI is InChI=1S/C16H17N5O2S/c1-23-10-15-19-13(11-24-15)16(22)21-6-4-20(5-7-21)14-3-2-12(8-17)9-18-14/h2-3,9,11H,4-7,10H2,1H3. The number of amides is 1. The molecule has 7 nitrogen and oxygen atoms in total. The Morgan fingerprint density at radius 1 is 1.38 bits per heavy atom. The zero-order valence-corrected chi connectivity index (χ0v) is 14.1. The molecule has 1 fully saturated rings. The maximum atomic E-state index is 12.5. The lowest BCUT2D eigenvalue weighted by Crippen LogP contribution is -2.49. The molecule has 124 valence electrons. The number of carbonyl (C=O) groups is 1. The van der Waals surface area contributed by atoms with Gasteiger partial charge in [0.1, 0.15) is 22.6 Å². The Labute approximate surface area is 144 Å². The highest BCUT2D eigenvalue weighted by atomic mass is 32.1. The molecule has 24 heavy (non-hydrogen) atoms. The number of methoxy groups -OCH3 is 1. The predicted molar refractivity (Wildman–Crippen MR) is 89.9 cm³/mol. The van der Waals surface area contributed by atoms with Gasteiger partial charge in [0.25, 0.3) is 5.91 Å². The Hall–Kier alpha value is -2.50. The highest BCUT2D eigenvalue weighted by Gasteiger charge is 2.24. The second kappa shape index (κ2) is 7.38. The van der Waals surface area contributed by atoms with Gasteiger partial charge < -0.3 is 14.5 Å². The van der Waals surface area contributed by atoms with Crippen LogP contribution in [0.1, 0.15) is 21.1 Å². The van der Waals surface area contributed by atoms with Gasteiger partial charge in [0.15, 0.2) is 0 Å². The van der Waals surface area contributed by atoms with Crippen LogP contribution in [0, 0.1) is 11.3 Å². The number of ether oxygens (including phenoxy) is 1. The molecule has 3 heterocycles. The number of pyridine rings is 1. The van der Waals surface area contributed by atoms with E-state index in [1.54, 1.807) is 24.8 Å². The van der Waals surface area contributed by atoms with Crippen LogP contribution in [0.4, 0.5) is 5.82 Å². The lowest BCUT2D eigenvalue weighted by Gasteiger charge is -2.35. The largest absolute Gasteiger partial charge is 0.378 e. The monoisotopic (exact) mass is 343 g/mol. The summed E-state index contributed by atoms with van der Waals surface area (Å²) in [7, 11) is 1.61. The van der Waals surface area contributed by atoms with Crippen LogP contribution in [0.15, 0.2) is 23.7 Å². The number of rotatable bonds is 4. The van der Waals surface area contributed by atoms with Gasteiger partial charge in [-0.25, -0.2) is 9.97 Å². The molecule has 0 unspecified atom stereocenters. The van der Waals surface area contributed by atoms with E-state index < -0.39 is 0 Å². The lowest BCUT2D eigenvalue weighted by molar-refractivity contribution is 0.0740. The number of hydrogen-bond donors (Lipinski definition) is 0. The van der Waals surface area contributed by atoms with E-state index in [2.05, 4.69) is 20.9 Å². The summed E-state index contributed by atoms with van der Waals surface area (Å²) < 4.78 is 5.04. The van der Waals surface area contributed by atoms with Crippen LogP contribution in [0.2, 0.25) is 0 Å². The molecule has 0 aliphatic carbocycles. The summed E-state index contributed by atoms with van der Waals surface area (Å²) >= 11 is 1.44. The summed E-state index contributed by atoms with van der Waals surface area (Å²) in [6.07, 6.45) is 1.57. The summed E-state index contributed by atoms with van der Waals surface area (Å²) in [5.74, 6) is 0.790. The number of thiazole rings is 1. The molecule has 0 aromatic carbocycles. The Morgan fingerprint density at radius 3 is 2.79 bits per heavy atom. The Balaban J connectivity index is 1.59. The van der Waals surface area contributed by atoms with Crippen molar-refractivity contribution >= 4 is 23.1 Å². The van der Waals surface area contributed by atoms with Crippen molar-refractivity contribution in [2.45, 2.75) is 6.61 Å². The van der Waals surface area contributed by atoms with Gasteiger partial charge in [-0.05, 0) is 12.1 Å². The van der Waals surface area contributed by atoms with Gasteiger partial charge >= 0.3 is 0 Å². The van der Waals surface area contributed by atoms with Crippen molar-refractivity contribution in [2.75, 3.05) is 38.2 Å². The fourth-order valence-electron chi connectivity index (χ4n) is 2.54. The quantitative estimate of drug-likeness (QED) is 0.837. The minimum absolute atomic E-state index is 0.0407. The van der Waals surface area contributed by atoms with Crippen LogP contribution < -0.4 is 4.90 Å². The molecule has 2 aromatic heterocycles. The van der Waals surface area contributed by atoms with E-state index in [1.165, 1.54) is 11.3 Å². The van der Waals surface area contributed by atoms with Crippen molar-refractivity contribution in [3.05, 3.63) is 40.0 Å². The summed E-state index contributed by atoms with van der Waals surface area (Å²) in [5.41, 5.74) is 1.03. The van der Waals surface area contributed by atoms with E-state index in [0.717, 1.165) is 10.8 Å². The summed E-state index contributed by atoms with van der Waals surface area (Å²) in [6, 6.07) is 5.66. The van der Waals surface area contributed by atoms with E-state index >= 15 is 0 Å². The summed E-state index contributed by atoms with van der Waals surface area (Å²) in [4.78, 5) is 25.0. The van der Waals surface area contributed by atoms with Crippen molar-refractivity contribution in [2.24, 2.45) is 0 Å². The Kier molecular flexibility index (Phi) is 5.03. The van der Waals surface area contributed by atoms with Crippen molar-refractivity contribution in [1.29, 1.82) is 5.26 Å². The van der Waals surface area contributed by atoms with Gasteiger partial charge in [0.05, 0.1) is 12.2 Å². The van der Waals surface area contributed by atoms with Gasteiger partial charge in [-0.1, -0.05) is 0 Å². The third kappa shape index (κ3) is 3.53. The third-order valence-electron chi connectivity index (χ3n) is 3.81. The average Bonchev–Trinajstić information content (AvgIpc) is 3.10. The SMILES string of the molecule is COCc1nc(C(=O)N2CCN(c3ccc(C#N)cn3)CC2)cs1. The Morgan fingerprint density at radius 2 is 2.17 bits per heavy atom. The van der Waals surface area contributed by atoms with Crippen LogP contribution in [-0.2, 0) is 11.3 Å². The average molecular weight is 343 g/mol. The maximum absolute atomic E-state index is 12.5. The Bertz CT molecular complexity index is 745. The molecule has 1 aliphatic rings. The van der Waals surface area contributed by atoms with Crippen LogP contribution >= 0.6 is 11.3 Å². The van der Waals surface area contributed by atoms with E-state index in [0.29, 0.717) is 44.0 Å². The van der Waals surface area contributed by atoms with Crippen LogP contribution in [-0.4, -0.2) is 54.1 Å². The first kappa shape index (κ1) is 16.4. The highest BCUT2D eigenvalue weighted by Crippen LogP contribution is 2.17. The highest BCUT2D eigenvalue weighted by molar-refractivity contribution is 7.09. The second-order valence-corrected chi connectivity index (χ2v) is 6.30. The third-order valence-corrected chi connectivity index (χ3v) is 4.63. The summed E-state index contributed by atoms with van der Waals surface area (Å²) in [6.45, 7) is 3.09. The fourth-order valence-corrected chi connectivity index (χ4v) is 3.28. The molecule has 0 spiro atoms. The van der Waals surface area contributed by atoms with E-state index in [9.17, 15) is 4.79 Å². The first-order valence-corrected chi connectivity index (χ1v) is 8.43. The zero-order valence-electron chi connectivity index (χ0n) is 13.3. The molecule has 1 amide bonds. The topological polar surface area (TPSA) is 82.4 Å². The number of nitriles is 1. The number of piperazine rings is 1. The predicted octanol–water partition coefficient (Wildman–Crippen LogP) is 1.52. The summed E-state index contributed by atoms with van der Waals surface area (Å²) in [5, 5.41) is 11.4. The van der Waals surface area contributed by atoms with E-state index in [1.807, 2.05) is 11.0 Å². The van der Waals surface area contributed by atoms with Crippen LogP contribution in [0.5, 0.6) is 0 Å². The van der Waals surface area contributed by atoms with Gasteiger partial charge in [0.2, 0.25) is 0 Å². The molecule has 0 atom stereocenters. The molecular weight excluding hydrogens is 326 g/mol. The molecule has 2 aromatic rings. The van der Waals surface area contributed by atoms with Gasteiger partial charge in [0, 0.05) is 44.9 Å². The van der Waals surface area contributed by atoms with Gasteiger partial charge in [-0.15, -0.1) is 11.3 Å². The lowest BCUT2D eigenvalue weighted by atomic mass is 10.2. The molecule has 8 heteroatoms. The van der Waals surface area contributed by atoms with Crippen molar-refractivity contribution < 1.29 is 9.53 Å². The zero-order chi connectivity index (χ0) is 16.9. The van der Waals surface area contributed by atoms with Crippen molar-refractivity contribution in [1.82, 2.24) is 14.9 Å². The fraction of sp³-hybridized carbons (Fsp3) is 0.375. The molecular formula is C16H17N5O2S. The van der Waals surface area contributed by atoms with E-state index in [4.69, 9.17) is 10.00 Å². The van der Waals surface area contributed by atoms with Gasteiger partial charge in [-0.3, -0.25) is 4.79 Å². The molecule has 0 radical (unpaired) electrons. The first-order valence-electron chi connectivity index (χ1n) is 7.55. The molecule has 3 rings (SSSR count). The van der Waals surface area contributed by atoms with E-state index in [-0.39, 0.29) is 5.91 Å². The first-order chi connectivity index (χ1) is 11.7. The molecule has 1 aliphatic heterocycles. The maximum Gasteiger partial charge on any atom is 0.273 e. The van der Waals surface area contributed by atoms with Gasteiger partial charge in [-0.2, -0.15) is 5.26 Å². The minimum atomic E-state index is -0.0407. The number of anilines is 1. The normalized spacial score (nSPS) is 14.5. The number of hydrogen-bond acceptors (Lipinski definition) is 7. The minimum Gasteiger partial charge on any atom is -0.378 e. The van der Waals surface area contributed by atoms with Crippen molar-refractivity contribution in [3.8, 4) is 6.07 Å². The second-order valence-electron chi connectivity index (χ2n) is 5.36. The number of carbonyl (C=O) groups excluding carboxylic acids is 1. The van der Waals surface area contributed by atoms with Crippen molar-refractivity contribution in [3.63, 3.8) is 0 Å². The molecule has 0 N–H and O–H groups in total. The molecule has 0 bridgehead atoms. The van der Waals surface area contributed by atoms with Crippen LogP contribution in [0.25, 0.3) is 0 Å². The molecule has 0 saturated carbocycles. The number of aromatic nitrogens is 2. The smallest absolute Gasteiger partial charge is 0.273 e. The molecule has 1 saturated heterocycles. The number of nitrogens with zero attached hydrogens (tertiary/aromatic N) is 5. The van der Waals surface area contributed by atoms with Crippen LogP contribution in [0.3, 0.4) is 0 Å².